The summed E-state index contributed by atoms with van der Waals surface area (Å²) in [7, 11) is 0. The van der Waals surface area contributed by atoms with Crippen molar-refractivity contribution < 1.29 is 9.47 Å². The van der Waals surface area contributed by atoms with Gasteiger partial charge in [0.2, 0.25) is 0 Å². The van der Waals surface area contributed by atoms with E-state index in [1.54, 1.807) is 6.07 Å². The van der Waals surface area contributed by atoms with E-state index < -0.39 is 0 Å². The third kappa shape index (κ3) is 3.04. The van der Waals surface area contributed by atoms with Gasteiger partial charge in [0.15, 0.2) is 11.5 Å². The predicted molar refractivity (Wildman–Crippen MR) is 85.9 cm³/mol. The molecule has 2 aromatic rings. The van der Waals surface area contributed by atoms with E-state index in [-0.39, 0.29) is 6.04 Å². The van der Waals surface area contributed by atoms with Gasteiger partial charge in [-0.25, -0.2) is 0 Å². The molecule has 1 heterocycles. The molecule has 1 aliphatic heterocycles. The van der Waals surface area contributed by atoms with E-state index >= 15 is 0 Å². The molecule has 0 fully saturated rings. The molecule has 0 amide bonds. The molecule has 1 N–H and O–H groups in total. The average Bonchev–Trinajstić information content (AvgIpc) is 2.50. The Kier molecular flexibility index (Phi) is 4.13. The lowest BCUT2D eigenvalue weighted by atomic mass is 10.1. The molecule has 0 saturated carbocycles. The van der Waals surface area contributed by atoms with Gasteiger partial charge in [-0.15, -0.1) is 0 Å². The Balaban J connectivity index is 1.81. The van der Waals surface area contributed by atoms with Crippen molar-refractivity contribution in [3.63, 3.8) is 0 Å². The molecule has 3 rings (SSSR count). The topological polar surface area (TPSA) is 30.5 Å². The van der Waals surface area contributed by atoms with E-state index in [9.17, 15) is 0 Å². The van der Waals surface area contributed by atoms with Crippen molar-refractivity contribution in [2.24, 2.45) is 0 Å². The van der Waals surface area contributed by atoms with E-state index in [4.69, 9.17) is 32.7 Å². The summed E-state index contributed by atoms with van der Waals surface area (Å²) in [6, 6.07) is 11.5. The number of benzene rings is 2. The molecule has 1 atom stereocenters. The highest BCUT2D eigenvalue weighted by Crippen LogP contribution is 2.35. The van der Waals surface area contributed by atoms with Crippen LogP contribution in [0.2, 0.25) is 10.0 Å². The Labute approximate surface area is 133 Å². The van der Waals surface area contributed by atoms with Crippen LogP contribution in [-0.2, 0) is 0 Å². The minimum absolute atomic E-state index is 0.0266. The lowest BCUT2D eigenvalue weighted by Crippen LogP contribution is -2.15. The van der Waals surface area contributed by atoms with Crippen molar-refractivity contribution >= 4 is 28.9 Å². The summed E-state index contributed by atoms with van der Waals surface area (Å²) in [6.07, 6.45) is 0. The van der Waals surface area contributed by atoms with Gasteiger partial charge in [0.05, 0.1) is 16.1 Å². The molecule has 0 saturated heterocycles. The van der Waals surface area contributed by atoms with Crippen LogP contribution >= 0.6 is 23.2 Å². The van der Waals surface area contributed by atoms with Crippen LogP contribution in [0, 0.1) is 0 Å². The Hall–Kier alpha value is -1.58. The molecule has 1 aliphatic rings. The summed E-state index contributed by atoms with van der Waals surface area (Å²) in [5.74, 6) is 1.54. The quantitative estimate of drug-likeness (QED) is 0.868. The highest BCUT2D eigenvalue weighted by atomic mass is 35.5. The highest BCUT2D eigenvalue weighted by Gasteiger charge is 2.15. The summed E-state index contributed by atoms with van der Waals surface area (Å²) >= 11 is 12.3. The van der Waals surface area contributed by atoms with Crippen molar-refractivity contribution in [1.29, 1.82) is 0 Å². The second-order valence-corrected chi connectivity index (χ2v) is 5.65. The molecule has 1 unspecified atom stereocenters. The minimum Gasteiger partial charge on any atom is -0.486 e. The smallest absolute Gasteiger partial charge is 0.163 e. The van der Waals surface area contributed by atoms with Crippen LogP contribution in [0.5, 0.6) is 11.5 Å². The average molecular weight is 324 g/mol. The first-order valence-electron chi connectivity index (χ1n) is 6.75. The van der Waals surface area contributed by atoms with E-state index in [2.05, 4.69) is 5.32 Å². The zero-order valence-corrected chi connectivity index (χ0v) is 13.0. The van der Waals surface area contributed by atoms with E-state index in [1.807, 2.05) is 37.3 Å². The molecule has 0 radical (unpaired) electrons. The normalized spacial score (nSPS) is 14.6. The van der Waals surface area contributed by atoms with E-state index in [0.29, 0.717) is 23.3 Å². The lowest BCUT2D eigenvalue weighted by molar-refractivity contribution is 0.171. The first kappa shape index (κ1) is 14.4. The zero-order valence-electron chi connectivity index (χ0n) is 11.5. The van der Waals surface area contributed by atoms with Gasteiger partial charge in [0.25, 0.3) is 0 Å². The van der Waals surface area contributed by atoms with Gasteiger partial charge in [-0.2, -0.15) is 0 Å². The first-order valence-corrected chi connectivity index (χ1v) is 7.51. The maximum atomic E-state index is 6.25. The number of rotatable bonds is 3. The molecule has 2 aromatic carbocycles. The van der Waals surface area contributed by atoms with Crippen LogP contribution < -0.4 is 14.8 Å². The number of hydrogen-bond acceptors (Lipinski definition) is 3. The zero-order chi connectivity index (χ0) is 14.8. The van der Waals surface area contributed by atoms with E-state index in [1.165, 1.54) is 0 Å². The summed E-state index contributed by atoms with van der Waals surface area (Å²) < 4.78 is 11.1. The number of fused-ring (bicyclic) bond motifs is 1. The SMILES string of the molecule is CC(Nc1ccc2c(c1)OCCO2)c1cccc(Cl)c1Cl. The fourth-order valence-electron chi connectivity index (χ4n) is 2.32. The Morgan fingerprint density at radius 2 is 1.81 bits per heavy atom. The van der Waals surface area contributed by atoms with Gasteiger partial charge in [-0.05, 0) is 30.7 Å². The first-order chi connectivity index (χ1) is 10.1. The molecule has 110 valence electrons. The van der Waals surface area contributed by atoms with Crippen LogP contribution in [-0.4, -0.2) is 13.2 Å². The van der Waals surface area contributed by atoms with Gasteiger partial charge in [-0.3, -0.25) is 0 Å². The Morgan fingerprint density at radius 1 is 1.05 bits per heavy atom. The Morgan fingerprint density at radius 3 is 2.62 bits per heavy atom. The van der Waals surface area contributed by atoms with Gasteiger partial charge in [0.1, 0.15) is 13.2 Å². The Bertz CT molecular complexity index is 661. The fraction of sp³-hybridized carbons (Fsp3) is 0.250. The van der Waals surface area contributed by atoms with Crippen molar-refractivity contribution in [3.05, 3.63) is 52.0 Å². The van der Waals surface area contributed by atoms with Crippen LogP contribution in [0.25, 0.3) is 0 Å². The second-order valence-electron chi connectivity index (χ2n) is 4.87. The summed E-state index contributed by atoms with van der Waals surface area (Å²) in [4.78, 5) is 0. The maximum absolute atomic E-state index is 6.25. The van der Waals surface area contributed by atoms with Gasteiger partial charge >= 0.3 is 0 Å². The number of hydrogen-bond donors (Lipinski definition) is 1. The van der Waals surface area contributed by atoms with E-state index in [0.717, 1.165) is 22.7 Å². The summed E-state index contributed by atoms with van der Waals surface area (Å²) in [5.41, 5.74) is 1.90. The number of anilines is 1. The number of nitrogens with one attached hydrogen (secondary N) is 1. The van der Waals surface area contributed by atoms with Crippen molar-refractivity contribution in [2.45, 2.75) is 13.0 Å². The molecule has 0 bridgehead atoms. The monoisotopic (exact) mass is 323 g/mol. The van der Waals surface area contributed by atoms with Gasteiger partial charge in [-0.1, -0.05) is 35.3 Å². The number of ether oxygens (including phenoxy) is 2. The second kappa shape index (κ2) is 6.04. The molecular formula is C16H15Cl2NO2. The minimum atomic E-state index is 0.0266. The molecule has 0 spiro atoms. The molecule has 5 heteroatoms. The maximum Gasteiger partial charge on any atom is 0.163 e. The van der Waals surface area contributed by atoms with Gasteiger partial charge in [0, 0.05) is 11.8 Å². The summed E-state index contributed by atoms with van der Waals surface area (Å²) in [5, 5.41) is 4.54. The predicted octanol–water partition coefficient (Wildman–Crippen LogP) is 4.94. The third-order valence-corrected chi connectivity index (χ3v) is 4.21. The van der Waals surface area contributed by atoms with Crippen molar-refractivity contribution in [1.82, 2.24) is 0 Å². The molecule has 0 aromatic heterocycles. The molecule has 3 nitrogen and oxygen atoms in total. The van der Waals surface area contributed by atoms with Gasteiger partial charge < -0.3 is 14.8 Å². The number of halogens is 2. The fourth-order valence-corrected chi connectivity index (χ4v) is 2.79. The van der Waals surface area contributed by atoms with Crippen LogP contribution in [0.3, 0.4) is 0 Å². The lowest BCUT2D eigenvalue weighted by Gasteiger charge is -2.21. The van der Waals surface area contributed by atoms with Crippen molar-refractivity contribution in [2.75, 3.05) is 18.5 Å². The highest BCUT2D eigenvalue weighted by molar-refractivity contribution is 6.42. The van der Waals surface area contributed by atoms with Crippen LogP contribution in [0.4, 0.5) is 5.69 Å². The molecule has 0 aliphatic carbocycles. The summed E-state index contributed by atoms with van der Waals surface area (Å²) in [6.45, 7) is 3.20. The molecular weight excluding hydrogens is 309 g/mol. The standard InChI is InChI=1S/C16H15Cl2NO2/c1-10(12-3-2-4-13(17)16(12)18)19-11-5-6-14-15(9-11)21-8-7-20-14/h2-6,9-10,19H,7-8H2,1H3. The van der Waals surface area contributed by atoms with Crippen molar-refractivity contribution in [3.8, 4) is 11.5 Å². The van der Waals surface area contributed by atoms with Crippen LogP contribution in [0.15, 0.2) is 36.4 Å². The third-order valence-electron chi connectivity index (χ3n) is 3.37. The largest absolute Gasteiger partial charge is 0.486 e. The molecule has 21 heavy (non-hydrogen) atoms. The van der Waals surface area contributed by atoms with Crippen LogP contribution in [0.1, 0.15) is 18.5 Å².